The maximum absolute atomic E-state index is 12.1. The van der Waals surface area contributed by atoms with Crippen LogP contribution in [0.2, 0.25) is 0 Å². The van der Waals surface area contributed by atoms with Gasteiger partial charge in [0.1, 0.15) is 12.4 Å². The van der Waals surface area contributed by atoms with E-state index in [9.17, 15) is 9.90 Å². The van der Waals surface area contributed by atoms with Crippen molar-refractivity contribution in [3.8, 4) is 5.75 Å². The highest BCUT2D eigenvalue weighted by Crippen LogP contribution is 2.34. The molecule has 25 heavy (non-hydrogen) atoms. The summed E-state index contributed by atoms with van der Waals surface area (Å²) in [4.78, 5) is 12.1. The Morgan fingerprint density at radius 1 is 1.00 bits per heavy atom. The third-order valence-electron chi connectivity index (χ3n) is 3.95. The first-order valence-electron chi connectivity index (χ1n) is 8.23. The second-order valence-corrected chi connectivity index (χ2v) is 5.63. The Kier molecular flexibility index (Phi) is 5.31. The molecule has 0 aliphatic carbocycles. The van der Waals surface area contributed by atoms with Crippen molar-refractivity contribution >= 4 is 16.7 Å². The summed E-state index contributed by atoms with van der Waals surface area (Å²) in [5.74, 6) is -0.202. The zero-order chi connectivity index (χ0) is 17.6. The number of hydrogen-bond donors (Lipinski definition) is 1. The molecule has 0 saturated carbocycles. The normalized spacial score (nSPS) is 11.9. The number of ether oxygens (including phenoxy) is 2. The van der Waals surface area contributed by atoms with Gasteiger partial charge in [-0.1, -0.05) is 60.7 Å². The van der Waals surface area contributed by atoms with E-state index in [2.05, 4.69) is 0 Å². The van der Waals surface area contributed by atoms with E-state index < -0.39 is 12.1 Å². The molecule has 1 unspecified atom stereocenters. The van der Waals surface area contributed by atoms with Gasteiger partial charge in [0, 0.05) is 5.56 Å². The molecule has 0 aromatic heterocycles. The van der Waals surface area contributed by atoms with E-state index in [1.54, 1.807) is 13.0 Å². The molecule has 4 heteroatoms. The summed E-state index contributed by atoms with van der Waals surface area (Å²) in [5, 5.41) is 12.2. The summed E-state index contributed by atoms with van der Waals surface area (Å²) in [6, 6.07) is 21.0. The molecule has 1 N–H and O–H groups in total. The third-order valence-corrected chi connectivity index (χ3v) is 3.95. The van der Waals surface area contributed by atoms with Crippen LogP contribution in [0.5, 0.6) is 5.75 Å². The van der Waals surface area contributed by atoms with Crippen molar-refractivity contribution in [2.75, 3.05) is 6.61 Å². The second kappa shape index (κ2) is 7.81. The Balaban J connectivity index is 1.99. The first-order chi connectivity index (χ1) is 12.2. The Morgan fingerprint density at radius 2 is 1.72 bits per heavy atom. The number of fused-ring (bicyclic) bond motifs is 1. The summed E-state index contributed by atoms with van der Waals surface area (Å²) < 4.78 is 10.9. The predicted molar refractivity (Wildman–Crippen MR) is 96.3 cm³/mol. The average Bonchev–Trinajstić information content (AvgIpc) is 2.66. The Morgan fingerprint density at radius 3 is 2.48 bits per heavy atom. The molecule has 0 saturated heterocycles. The molecule has 0 aliphatic heterocycles. The van der Waals surface area contributed by atoms with E-state index in [0.29, 0.717) is 17.9 Å². The number of hydrogen-bond acceptors (Lipinski definition) is 4. The highest BCUT2D eigenvalue weighted by atomic mass is 16.5. The number of benzene rings is 3. The lowest BCUT2D eigenvalue weighted by Gasteiger charge is -2.18. The van der Waals surface area contributed by atoms with Gasteiger partial charge in [-0.3, -0.25) is 0 Å². The molecular formula is C21H20O4. The van der Waals surface area contributed by atoms with Gasteiger partial charge in [-0.15, -0.1) is 0 Å². The standard InChI is InChI=1S/C21H20O4/c1-2-24-21(23)20(22)19-17-11-7-6-10-16(17)12-13-18(19)25-14-15-8-4-3-5-9-15/h3-13,20,22H,2,14H2,1H3. The summed E-state index contributed by atoms with van der Waals surface area (Å²) in [6.07, 6.45) is -1.39. The molecule has 128 valence electrons. The van der Waals surface area contributed by atoms with Crippen molar-refractivity contribution in [2.24, 2.45) is 0 Å². The number of carbonyl (C=O) groups is 1. The Hall–Kier alpha value is -2.85. The van der Waals surface area contributed by atoms with E-state index in [1.165, 1.54) is 0 Å². The molecule has 1 atom stereocenters. The van der Waals surface area contributed by atoms with Crippen LogP contribution in [0.3, 0.4) is 0 Å². The molecule has 3 aromatic carbocycles. The van der Waals surface area contributed by atoms with Gasteiger partial charge in [0.15, 0.2) is 6.10 Å². The Bertz CT molecular complexity index is 858. The van der Waals surface area contributed by atoms with Gasteiger partial charge >= 0.3 is 5.97 Å². The summed E-state index contributed by atoms with van der Waals surface area (Å²) in [5.41, 5.74) is 1.44. The number of aliphatic hydroxyl groups is 1. The maximum Gasteiger partial charge on any atom is 0.339 e. The average molecular weight is 336 g/mol. The SMILES string of the molecule is CCOC(=O)C(O)c1c(OCc2ccccc2)ccc2ccccc12. The van der Waals surface area contributed by atoms with E-state index >= 15 is 0 Å². The first kappa shape index (κ1) is 17.0. The van der Waals surface area contributed by atoms with Crippen molar-refractivity contribution in [2.45, 2.75) is 19.6 Å². The fourth-order valence-electron chi connectivity index (χ4n) is 2.76. The monoisotopic (exact) mass is 336 g/mol. The highest BCUT2D eigenvalue weighted by molar-refractivity contribution is 5.92. The van der Waals surface area contributed by atoms with E-state index in [1.807, 2.05) is 60.7 Å². The third kappa shape index (κ3) is 3.80. The van der Waals surface area contributed by atoms with Crippen molar-refractivity contribution in [3.05, 3.63) is 77.9 Å². The van der Waals surface area contributed by atoms with Crippen LogP contribution in [0.25, 0.3) is 10.8 Å². The van der Waals surface area contributed by atoms with Crippen molar-refractivity contribution < 1.29 is 19.4 Å². The van der Waals surface area contributed by atoms with E-state index in [4.69, 9.17) is 9.47 Å². The zero-order valence-electron chi connectivity index (χ0n) is 14.0. The molecule has 3 rings (SSSR count). The fourth-order valence-corrected chi connectivity index (χ4v) is 2.76. The molecule has 3 aromatic rings. The van der Waals surface area contributed by atoms with Gasteiger partial charge in [-0.2, -0.15) is 0 Å². The largest absolute Gasteiger partial charge is 0.488 e. The van der Waals surface area contributed by atoms with Crippen LogP contribution in [0.1, 0.15) is 24.2 Å². The van der Waals surface area contributed by atoms with Crippen LogP contribution in [-0.2, 0) is 16.1 Å². The van der Waals surface area contributed by atoms with Crippen molar-refractivity contribution in [1.29, 1.82) is 0 Å². The molecule has 0 spiro atoms. The first-order valence-corrected chi connectivity index (χ1v) is 8.23. The van der Waals surface area contributed by atoms with Gasteiger partial charge in [0.2, 0.25) is 0 Å². The molecule has 0 heterocycles. The van der Waals surface area contributed by atoms with Crippen molar-refractivity contribution in [3.63, 3.8) is 0 Å². The minimum absolute atomic E-state index is 0.209. The molecule has 0 radical (unpaired) electrons. The summed E-state index contributed by atoms with van der Waals surface area (Å²) in [7, 11) is 0. The highest BCUT2D eigenvalue weighted by Gasteiger charge is 2.25. The lowest BCUT2D eigenvalue weighted by Crippen LogP contribution is -2.17. The van der Waals surface area contributed by atoms with Gasteiger partial charge < -0.3 is 14.6 Å². The number of aliphatic hydroxyl groups excluding tert-OH is 1. The molecule has 0 fully saturated rings. The molecule has 0 amide bonds. The molecular weight excluding hydrogens is 316 g/mol. The Labute approximate surface area is 146 Å². The number of rotatable bonds is 6. The van der Waals surface area contributed by atoms with E-state index in [0.717, 1.165) is 16.3 Å². The van der Waals surface area contributed by atoms with Crippen LogP contribution < -0.4 is 4.74 Å². The van der Waals surface area contributed by atoms with Crippen LogP contribution in [-0.4, -0.2) is 17.7 Å². The quantitative estimate of drug-likeness (QED) is 0.691. The topological polar surface area (TPSA) is 55.8 Å². The van der Waals surface area contributed by atoms with Crippen LogP contribution in [0.15, 0.2) is 66.7 Å². The maximum atomic E-state index is 12.1. The molecule has 4 nitrogen and oxygen atoms in total. The zero-order valence-corrected chi connectivity index (χ0v) is 14.0. The summed E-state index contributed by atoms with van der Waals surface area (Å²) in [6.45, 7) is 2.27. The van der Waals surface area contributed by atoms with E-state index in [-0.39, 0.29) is 6.61 Å². The minimum atomic E-state index is -1.39. The van der Waals surface area contributed by atoms with Crippen LogP contribution in [0.4, 0.5) is 0 Å². The molecule has 0 bridgehead atoms. The number of carbonyl (C=O) groups excluding carboxylic acids is 1. The smallest absolute Gasteiger partial charge is 0.339 e. The van der Waals surface area contributed by atoms with Gasteiger partial charge in [0.05, 0.1) is 6.61 Å². The summed E-state index contributed by atoms with van der Waals surface area (Å²) >= 11 is 0. The lowest BCUT2D eigenvalue weighted by molar-refractivity contribution is -0.153. The lowest BCUT2D eigenvalue weighted by atomic mass is 9.99. The minimum Gasteiger partial charge on any atom is -0.488 e. The predicted octanol–water partition coefficient (Wildman–Crippen LogP) is 4.02. The van der Waals surface area contributed by atoms with Gasteiger partial charge in [-0.05, 0) is 29.3 Å². The van der Waals surface area contributed by atoms with Crippen LogP contribution >= 0.6 is 0 Å². The van der Waals surface area contributed by atoms with Gasteiger partial charge in [-0.25, -0.2) is 4.79 Å². The van der Waals surface area contributed by atoms with Crippen LogP contribution in [0, 0.1) is 0 Å². The molecule has 0 aliphatic rings. The van der Waals surface area contributed by atoms with Gasteiger partial charge in [0.25, 0.3) is 0 Å². The fraction of sp³-hybridized carbons (Fsp3) is 0.190. The second-order valence-electron chi connectivity index (χ2n) is 5.63. The van der Waals surface area contributed by atoms with Crippen molar-refractivity contribution in [1.82, 2.24) is 0 Å². The number of esters is 1.